The molecule has 0 aliphatic rings. The molecule has 2 aromatic rings. The van der Waals surface area contributed by atoms with Gasteiger partial charge in [0.05, 0.1) is 6.04 Å². The highest BCUT2D eigenvalue weighted by Crippen LogP contribution is 2.21. The van der Waals surface area contributed by atoms with E-state index in [1.54, 1.807) is 0 Å². The van der Waals surface area contributed by atoms with E-state index in [0.717, 1.165) is 22.4 Å². The van der Waals surface area contributed by atoms with E-state index >= 15 is 0 Å². The average Bonchev–Trinajstić information content (AvgIpc) is 2.48. The second-order valence-electron chi connectivity index (χ2n) is 6.69. The first-order chi connectivity index (χ1) is 11.3. The Labute approximate surface area is 145 Å². The topological polar surface area (TPSA) is 38.3 Å². The lowest BCUT2D eigenvalue weighted by molar-refractivity contribution is -0.123. The van der Waals surface area contributed by atoms with E-state index in [2.05, 4.69) is 44.3 Å². The van der Waals surface area contributed by atoms with Crippen molar-refractivity contribution in [1.29, 1.82) is 0 Å². The quantitative estimate of drug-likeness (QED) is 0.880. The molecule has 3 heteroatoms. The molecule has 0 fully saturated rings. The molecular weight excluding hydrogens is 298 g/mol. The molecule has 1 unspecified atom stereocenters. The van der Waals surface area contributed by atoms with Crippen LogP contribution in [0.25, 0.3) is 0 Å². The van der Waals surface area contributed by atoms with Crippen molar-refractivity contribution < 1.29 is 9.53 Å². The zero-order chi connectivity index (χ0) is 17.9. The number of hydrogen-bond acceptors (Lipinski definition) is 2. The summed E-state index contributed by atoms with van der Waals surface area (Å²) in [6.07, 6.45) is 0. The predicted molar refractivity (Wildman–Crippen MR) is 98.6 cm³/mol. The molecule has 0 aliphatic carbocycles. The number of nitrogens with one attached hydrogen (secondary N) is 1. The Morgan fingerprint density at radius 3 is 2.12 bits per heavy atom. The second-order valence-corrected chi connectivity index (χ2v) is 6.69. The van der Waals surface area contributed by atoms with Crippen LogP contribution in [0.2, 0.25) is 0 Å². The maximum Gasteiger partial charge on any atom is 0.258 e. The highest BCUT2D eigenvalue weighted by molar-refractivity contribution is 5.78. The monoisotopic (exact) mass is 325 g/mol. The van der Waals surface area contributed by atoms with Gasteiger partial charge >= 0.3 is 0 Å². The minimum atomic E-state index is -0.112. The second kappa shape index (κ2) is 7.52. The fourth-order valence-corrected chi connectivity index (χ4v) is 2.98. The normalized spacial score (nSPS) is 11.9. The largest absolute Gasteiger partial charge is 0.484 e. The van der Waals surface area contributed by atoms with Gasteiger partial charge in [-0.25, -0.2) is 0 Å². The Bertz CT molecular complexity index is 729. The van der Waals surface area contributed by atoms with Crippen molar-refractivity contribution in [3.05, 3.63) is 63.7 Å². The molecule has 0 heterocycles. The van der Waals surface area contributed by atoms with Crippen LogP contribution in [0.5, 0.6) is 5.75 Å². The standard InChI is InChI=1S/C21H27NO2/c1-13-7-14(2)9-19(8-13)24-12-21(23)22-18(6)20-11-16(4)15(3)10-17(20)5/h7-11,18H,12H2,1-6H3,(H,22,23). The number of hydrogen-bond donors (Lipinski definition) is 1. The zero-order valence-electron chi connectivity index (χ0n) is 15.5. The molecule has 0 aromatic heterocycles. The predicted octanol–water partition coefficient (Wildman–Crippen LogP) is 4.48. The first-order valence-electron chi connectivity index (χ1n) is 8.34. The van der Waals surface area contributed by atoms with Gasteiger partial charge in [0.25, 0.3) is 5.91 Å². The van der Waals surface area contributed by atoms with Crippen LogP contribution in [-0.2, 0) is 4.79 Å². The van der Waals surface area contributed by atoms with Crippen molar-refractivity contribution in [1.82, 2.24) is 5.32 Å². The average molecular weight is 325 g/mol. The fourth-order valence-electron chi connectivity index (χ4n) is 2.98. The number of ether oxygens (including phenoxy) is 1. The first-order valence-corrected chi connectivity index (χ1v) is 8.34. The van der Waals surface area contributed by atoms with Crippen LogP contribution in [0.3, 0.4) is 0 Å². The van der Waals surface area contributed by atoms with Crippen molar-refractivity contribution in [2.24, 2.45) is 0 Å². The van der Waals surface area contributed by atoms with Gasteiger partial charge in [-0.1, -0.05) is 18.2 Å². The summed E-state index contributed by atoms with van der Waals surface area (Å²) in [5.74, 6) is 0.622. The van der Waals surface area contributed by atoms with Gasteiger partial charge < -0.3 is 10.1 Å². The SMILES string of the molecule is Cc1cc(C)cc(OCC(=O)NC(C)c2cc(C)c(C)cc2C)c1. The molecule has 0 spiro atoms. The number of amides is 1. The Hall–Kier alpha value is -2.29. The third kappa shape index (κ3) is 4.60. The lowest BCUT2D eigenvalue weighted by atomic mass is 9.96. The van der Waals surface area contributed by atoms with Gasteiger partial charge in [-0.2, -0.15) is 0 Å². The lowest BCUT2D eigenvalue weighted by Crippen LogP contribution is -2.31. The highest BCUT2D eigenvalue weighted by Gasteiger charge is 2.13. The zero-order valence-corrected chi connectivity index (χ0v) is 15.5. The van der Waals surface area contributed by atoms with E-state index in [0.29, 0.717) is 0 Å². The van der Waals surface area contributed by atoms with Gasteiger partial charge in [0, 0.05) is 0 Å². The number of benzene rings is 2. The van der Waals surface area contributed by atoms with Gasteiger partial charge in [-0.05, 0) is 87.1 Å². The summed E-state index contributed by atoms with van der Waals surface area (Å²) in [4.78, 5) is 12.2. The van der Waals surface area contributed by atoms with E-state index in [1.165, 1.54) is 16.7 Å². The molecule has 24 heavy (non-hydrogen) atoms. The van der Waals surface area contributed by atoms with Crippen molar-refractivity contribution in [2.75, 3.05) is 6.61 Å². The molecule has 2 rings (SSSR count). The molecule has 0 saturated carbocycles. The smallest absolute Gasteiger partial charge is 0.258 e. The highest BCUT2D eigenvalue weighted by atomic mass is 16.5. The molecule has 0 radical (unpaired) electrons. The number of aryl methyl sites for hydroxylation is 5. The fraction of sp³-hybridized carbons (Fsp3) is 0.381. The number of carbonyl (C=O) groups excluding carboxylic acids is 1. The molecule has 1 amide bonds. The van der Waals surface area contributed by atoms with E-state index in [4.69, 9.17) is 4.74 Å². The van der Waals surface area contributed by atoms with Gasteiger partial charge in [0.2, 0.25) is 0 Å². The Balaban J connectivity index is 1.98. The number of carbonyl (C=O) groups is 1. The van der Waals surface area contributed by atoms with E-state index in [-0.39, 0.29) is 18.6 Å². The first kappa shape index (κ1) is 18.1. The molecular formula is C21H27NO2. The summed E-state index contributed by atoms with van der Waals surface area (Å²) >= 11 is 0. The molecule has 0 bridgehead atoms. The van der Waals surface area contributed by atoms with E-state index < -0.39 is 0 Å². The minimum Gasteiger partial charge on any atom is -0.484 e. The van der Waals surface area contributed by atoms with E-state index in [9.17, 15) is 4.79 Å². The van der Waals surface area contributed by atoms with Crippen LogP contribution in [0, 0.1) is 34.6 Å². The third-order valence-corrected chi connectivity index (χ3v) is 4.29. The lowest BCUT2D eigenvalue weighted by Gasteiger charge is -2.18. The van der Waals surface area contributed by atoms with Crippen molar-refractivity contribution in [2.45, 2.75) is 47.6 Å². The van der Waals surface area contributed by atoms with E-state index in [1.807, 2.05) is 32.9 Å². The summed E-state index contributed by atoms with van der Waals surface area (Å²) in [5.41, 5.74) is 7.11. The van der Waals surface area contributed by atoms with Crippen molar-refractivity contribution in [3.8, 4) is 5.75 Å². The van der Waals surface area contributed by atoms with Crippen LogP contribution >= 0.6 is 0 Å². The van der Waals surface area contributed by atoms with Gasteiger partial charge in [-0.3, -0.25) is 4.79 Å². The van der Waals surface area contributed by atoms with Crippen LogP contribution in [0.15, 0.2) is 30.3 Å². The molecule has 1 atom stereocenters. The summed E-state index contributed by atoms with van der Waals surface area (Å²) in [5, 5.41) is 3.02. The molecule has 128 valence electrons. The summed E-state index contributed by atoms with van der Waals surface area (Å²) in [6.45, 7) is 12.3. The minimum absolute atomic E-state index is 0.0249. The summed E-state index contributed by atoms with van der Waals surface area (Å²) in [6, 6.07) is 10.2. The Morgan fingerprint density at radius 2 is 1.50 bits per heavy atom. The molecule has 0 saturated heterocycles. The van der Waals surface area contributed by atoms with Gasteiger partial charge in [-0.15, -0.1) is 0 Å². The van der Waals surface area contributed by atoms with Crippen LogP contribution < -0.4 is 10.1 Å². The van der Waals surface area contributed by atoms with Crippen LogP contribution in [0.1, 0.15) is 46.3 Å². The molecule has 1 N–H and O–H groups in total. The molecule has 2 aromatic carbocycles. The maximum atomic E-state index is 12.2. The van der Waals surface area contributed by atoms with Crippen LogP contribution in [-0.4, -0.2) is 12.5 Å². The summed E-state index contributed by atoms with van der Waals surface area (Å²) < 4.78 is 5.63. The van der Waals surface area contributed by atoms with Crippen LogP contribution in [0.4, 0.5) is 0 Å². The van der Waals surface area contributed by atoms with Crippen molar-refractivity contribution >= 4 is 5.91 Å². The third-order valence-electron chi connectivity index (χ3n) is 4.29. The molecule has 3 nitrogen and oxygen atoms in total. The Morgan fingerprint density at radius 1 is 0.917 bits per heavy atom. The maximum absolute atomic E-state index is 12.2. The van der Waals surface area contributed by atoms with Gasteiger partial charge in [0.15, 0.2) is 6.61 Å². The molecule has 0 aliphatic heterocycles. The number of rotatable bonds is 5. The van der Waals surface area contributed by atoms with Crippen molar-refractivity contribution in [3.63, 3.8) is 0 Å². The van der Waals surface area contributed by atoms with Gasteiger partial charge in [0.1, 0.15) is 5.75 Å². The summed E-state index contributed by atoms with van der Waals surface area (Å²) in [7, 11) is 0. The Kier molecular flexibility index (Phi) is 5.66.